The molecule has 2 aromatic carbocycles. The van der Waals surface area contributed by atoms with Crippen LogP contribution in [-0.2, 0) is 4.79 Å². The van der Waals surface area contributed by atoms with Crippen LogP contribution in [0.5, 0.6) is 0 Å². The lowest BCUT2D eigenvalue weighted by Crippen LogP contribution is -2.41. The molecule has 1 aliphatic rings. The Bertz CT molecular complexity index is 784. The van der Waals surface area contributed by atoms with Crippen molar-refractivity contribution < 1.29 is 9.90 Å². The van der Waals surface area contributed by atoms with Gasteiger partial charge in [-0.05, 0) is 54.8 Å². The van der Waals surface area contributed by atoms with Gasteiger partial charge in [0.15, 0.2) is 0 Å². The van der Waals surface area contributed by atoms with Gasteiger partial charge in [0, 0.05) is 11.0 Å². The zero-order chi connectivity index (χ0) is 18.0. The van der Waals surface area contributed by atoms with Gasteiger partial charge in [0.1, 0.15) is 0 Å². The third-order valence-electron chi connectivity index (χ3n) is 4.59. The summed E-state index contributed by atoms with van der Waals surface area (Å²) in [5, 5.41) is 10.5. The summed E-state index contributed by atoms with van der Waals surface area (Å²) in [6, 6.07) is 13.7. The molecule has 1 fully saturated rings. The quantitative estimate of drug-likeness (QED) is 0.665. The first-order chi connectivity index (χ1) is 12.0. The van der Waals surface area contributed by atoms with Crippen molar-refractivity contribution in [1.82, 2.24) is 4.90 Å². The van der Waals surface area contributed by atoms with Gasteiger partial charge in [-0.25, -0.2) is 0 Å². The Morgan fingerprint density at radius 2 is 1.92 bits per heavy atom. The van der Waals surface area contributed by atoms with Crippen LogP contribution in [0.2, 0.25) is 10.0 Å². The summed E-state index contributed by atoms with van der Waals surface area (Å²) in [4.78, 5) is 13.7. The average molecular weight is 443 g/mol. The smallest absolute Gasteiger partial charge is 0.307 e. The van der Waals surface area contributed by atoms with Gasteiger partial charge in [0.2, 0.25) is 0 Å². The standard InChI is InChI=1S/C19H18BrCl2NO2/c20-15-5-1-3-12(9-15)18(13-6-7-16(21)17(22)10-13)23-8-2-4-14(11-23)19(24)25/h1,3,5-7,9-10,14,18H,2,4,8,11H2,(H,24,25). The van der Waals surface area contributed by atoms with Crippen LogP contribution in [0.1, 0.15) is 30.0 Å². The lowest BCUT2D eigenvalue weighted by molar-refractivity contribution is -0.143. The number of aliphatic carboxylic acids is 1. The van der Waals surface area contributed by atoms with E-state index in [4.69, 9.17) is 23.2 Å². The minimum absolute atomic E-state index is 0.0607. The van der Waals surface area contributed by atoms with E-state index in [9.17, 15) is 9.90 Å². The minimum Gasteiger partial charge on any atom is -0.481 e. The highest BCUT2D eigenvalue weighted by molar-refractivity contribution is 9.10. The van der Waals surface area contributed by atoms with Gasteiger partial charge in [-0.2, -0.15) is 0 Å². The van der Waals surface area contributed by atoms with E-state index < -0.39 is 5.97 Å². The number of hydrogen-bond acceptors (Lipinski definition) is 2. The molecule has 2 atom stereocenters. The van der Waals surface area contributed by atoms with Crippen molar-refractivity contribution in [2.75, 3.05) is 13.1 Å². The van der Waals surface area contributed by atoms with E-state index in [-0.39, 0.29) is 12.0 Å². The monoisotopic (exact) mass is 441 g/mol. The minimum atomic E-state index is -0.730. The molecule has 2 aromatic rings. The van der Waals surface area contributed by atoms with E-state index in [0.29, 0.717) is 16.6 Å². The number of rotatable bonds is 4. The molecule has 0 spiro atoms. The van der Waals surface area contributed by atoms with Crippen molar-refractivity contribution in [3.8, 4) is 0 Å². The number of nitrogens with zero attached hydrogens (tertiary/aromatic N) is 1. The van der Waals surface area contributed by atoms with Crippen molar-refractivity contribution in [3.63, 3.8) is 0 Å². The fourth-order valence-corrected chi connectivity index (χ4v) is 4.14. The number of halogens is 3. The SMILES string of the molecule is O=C(O)C1CCCN(C(c2cccc(Br)c2)c2ccc(Cl)c(Cl)c2)C1. The van der Waals surface area contributed by atoms with Crippen LogP contribution >= 0.6 is 39.1 Å². The lowest BCUT2D eigenvalue weighted by atomic mass is 9.91. The molecular weight excluding hydrogens is 425 g/mol. The first kappa shape index (κ1) is 18.7. The van der Waals surface area contributed by atoms with Crippen LogP contribution in [-0.4, -0.2) is 29.1 Å². The first-order valence-corrected chi connectivity index (χ1v) is 9.68. The molecule has 0 aliphatic carbocycles. The molecule has 3 nitrogen and oxygen atoms in total. The third kappa shape index (κ3) is 4.37. The summed E-state index contributed by atoms with van der Waals surface area (Å²) >= 11 is 15.8. The fourth-order valence-electron chi connectivity index (χ4n) is 3.42. The molecule has 0 radical (unpaired) electrons. The van der Waals surface area contributed by atoms with Crippen molar-refractivity contribution in [3.05, 3.63) is 68.1 Å². The second-order valence-corrected chi connectivity index (χ2v) is 8.03. The second-order valence-electron chi connectivity index (χ2n) is 6.30. The number of hydrogen-bond donors (Lipinski definition) is 1. The third-order valence-corrected chi connectivity index (χ3v) is 5.82. The van der Waals surface area contributed by atoms with Crippen LogP contribution in [0, 0.1) is 5.92 Å². The summed E-state index contributed by atoms with van der Waals surface area (Å²) in [6.07, 6.45) is 1.58. The highest BCUT2D eigenvalue weighted by Crippen LogP contribution is 2.36. The molecule has 0 amide bonds. The largest absolute Gasteiger partial charge is 0.481 e. The first-order valence-electron chi connectivity index (χ1n) is 8.13. The maximum Gasteiger partial charge on any atom is 0.307 e. The number of piperidine rings is 1. The fraction of sp³-hybridized carbons (Fsp3) is 0.316. The van der Waals surface area contributed by atoms with Crippen LogP contribution < -0.4 is 0 Å². The van der Waals surface area contributed by atoms with E-state index in [1.807, 2.05) is 24.3 Å². The van der Waals surface area contributed by atoms with Gasteiger partial charge >= 0.3 is 5.97 Å². The molecular formula is C19H18BrCl2NO2. The van der Waals surface area contributed by atoms with E-state index in [2.05, 4.69) is 33.0 Å². The molecule has 132 valence electrons. The highest BCUT2D eigenvalue weighted by Gasteiger charge is 2.31. The van der Waals surface area contributed by atoms with Gasteiger partial charge < -0.3 is 5.11 Å². The number of carbonyl (C=O) groups is 1. The van der Waals surface area contributed by atoms with Crippen molar-refractivity contribution in [2.24, 2.45) is 5.92 Å². The zero-order valence-corrected chi connectivity index (χ0v) is 16.6. The Balaban J connectivity index is 2.02. The summed E-state index contributed by atoms with van der Waals surface area (Å²) in [6.45, 7) is 1.37. The number of likely N-dealkylation sites (tertiary alicyclic amines) is 1. The van der Waals surface area contributed by atoms with E-state index in [0.717, 1.165) is 35.0 Å². The summed E-state index contributed by atoms with van der Waals surface area (Å²) < 4.78 is 0.988. The summed E-state index contributed by atoms with van der Waals surface area (Å²) in [5.41, 5.74) is 2.11. The molecule has 3 rings (SSSR count). The Morgan fingerprint density at radius 3 is 2.60 bits per heavy atom. The maximum absolute atomic E-state index is 11.5. The molecule has 2 unspecified atom stereocenters. The van der Waals surface area contributed by atoms with Crippen LogP contribution in [0.4, 0.5) is 0 Å². The number of carboxylic acids is 1. The lowest BCUT2D eigenvalue weighted by Gasteiger charge is -2.37. The van der Waals surface area contributed by atoms with E-state index in [1.54, 1.807) is 6.07 Å². The topological polar surface area (TPSA) is 40.5 Å². The Morgan fingerprint density at radius 1 is 1.16 bits per heavy atom. The Labute approximate surface area is 165 Å². The molecule has 0 bridgehead atoms. The van der Waals surface area contributed by atoms with Crippen molar-refractivity contribution >= 4 is 45.1 Å². The molecule has 1 N–H and O–H groups in total. The van der Waals surface area contributed by atoms with Gasteiger partial charge in [-0.3, -0.25) is 9.69 Å². The zero-order valence-electron chi connectivity index (χ0n) is 13.5. The molecule has 1 saturated heterocycles. The highest BCUT2D eigenvalue weighted by atomic mass is 79.9. The van der Waals surface area contributed by atoms with E-state index >= 15 is 0 Å². The van der Waals surface area contributed by atoms with Gasteiger partial charge in [-0.1, -0.05) is 57.3 Å². The van der Waals surface area contributed by atoms with Crippen LogP contribution in [0.15, 0.2) is 46.9 Å². The van der Waals surface area contributed by atoms with Gasteiger partial charge in [0.05, 0.1) is 22.0 Å². The van der Waals surface area contributed by atoms with E-state index in [1.165, 1.54) is 0 Å². The molecule has 25 heavy (non-hydrogen) atoms. The molecule has 1 aliphatic heterocycles. The van der Waals surface area contributed by atoms with Gasteiger partial charge in [-0.15, -0.1) is 0 Å². The molecule has 6 heteroatoms. The Kier molecular flexibility index (Phi) is 6.05. The Hall–Kier alpha value is -1.07. The summed E-state index contributed by atoms with van der Waals surface area (Å²) in [5.74, 6) is -1.07. The molecule has 0 aromatic heterocycles. The summed E-state index contributed by atoms with van der Waals surface area (Å²) in [7, 11) is 0. The van der Waals surface area contributed by atoms with Crippen LogP contribution in [0.25, 0.3) is 0 Å². The number of carboxylic acid groups (broad SMARTS) is 1. The van der Waals surface area contributed by atoms with Crippen molar-refractivity contribution in [1.29, 1.82) is 0 Å². The molecule has 0 saturated carbocycles. The van der Waals surface area contributed by atoms with Crippen LogP contribution in [0.3, 0.4) is 0 Å². The second kappa shape index (κ2) is 8.09. The van der Waals surface area contributed by atoms with Gasteiger partial charge in [0.25, 0.3) is 0 Å². The number of benzene rings is 2. The predicted octanol–water partition coefficient (Wildman–Crippen LogP) is 5.64. The van der Waals surface area contributed by atoms with Crippen molar-refractivity contribution in [2.45, 2.75) is 18.9 Å². The normalized spacial score (nSPS) is 19.6. The average Bonchev–Trinajstić information content (AvgIpc) is 2.59. The maximum atomic E-state index is 11.5. The predicted molar refractivity (Wildman–Crippen MR) is 104 cm³/mol. The molecule has 1 heterocycles.